The molecule has 0 radical (unpaired) electrons. The molecule has 0 atom stereocenters. The fourth-order valence-corrected chi connectivity index (χ4v) is 2.16. The van der Waals surface area contributed by atoms with E-state index in [1.165, 1.54) is 0 Å². The first-order chi connectivity index (χ1) is 8.40. The molecule has 4 nitrogen and oxygen atoms in total. The van der Waals surface area contributed by atoms with Gasteiger partial charge in [0.25, 0.3) is 0 Å². The van der Waals surface area contributed by atoms with Gasteiger partial charge in [0.05, 0.1) is 6.54 Å². The van der Waals surface area contributed by atoms with Crippen molar-refractivity contribution in [2.75, 3.05) is 32.8 Å². The lowest BCUT2D eigenvalue weighted by Gasteiger charge is -2.30. The van der Waals surface area contributed by atoms with Crippen LogP contribution in [0.2, 0.25) is 0 Å². The number of hydrogen-bond acceptors (Lipinski definition) is 3. The van der Waals surface area contributed by atoms with Crippen LogP contribution in [0.4, 0.5) is 0 Å². The lowest BCUT2D eigenvalue weighted by molar-refractivity contribution is -0.122. The molecule has 0 unspecified atom stereocenters. The predicted octanol–water partition coefficient (Wildman–Crippen LogP) is 1.24. The van der Waals surface area contributed by atoms with Gasteiger partial charge in [-0.1, -0.05) is 20.8 Å². The minimum absolute atomic E-state index is 0.127. The van der Waals surface area contributed by atoms with E-state index in [9.17, 15) is 4.79 Å². The molecular formula is C14H28N2O2. The molecule has 1 saturated heterocycles. The summed E-state index contributed by atoms with van der Waals surface area (Å²) in [5, 5.41) is 12.0. The molecule has 0 aliphatic carbocycles. The van der Waals surface area contributed by atoms with Crippen molar-refractivity contribution < 1.29 is 9.90 Å². The second-order valence-corrected chi connectivity index (χ2v) is 6.56. The summed E-state index contributed by atoms with van der Waals surface area (Å²) in [4.78, 5) is 13.9. The van der Waals surface area contributed by atoms with E-state index in [-0.39, 0.29) is 17.9 Å². The number of nitrogens with zero attached hydrogens (tertiary/aromatic N) is 1. The summed E-state index contributed by atoms with van der Waals surface area (Å²) in [6.45, 7) is 9.94. The number of hydrogen-bond donors (Lipinski definition) is 2. The monoisotopic (exact) mass is 256 g/mol. The minimum Gasteiger partial charge on any atom is -0.396 e. The van der Waals surface area contributed by atoms with Crippen molar-refractivity contribution >= 4 is 5.91 Å². The number of carbonyl (C=O) groups excluding carboxylic acids is 1. The van der Waals surface area contributed by atoms with Crippen LogP contribution in [-0.2, 0) is 4.79 Å². The van der Waals surface area contributed by atoms with Gasteiger partial charge in [-0.15, -0.1) is 0 Å². The number of aliphatic hydroxyl groups is 1. The molecule has 1 fully saturated rings. The lowest BCUT2D eigenvalue weighted by Crippen LogP contribution is -2.42. The smallest absolute Gasteiger partial charge is 0.234 e. The molecule has 106 valence electrons. The van der Waals surface area contributed by atoms with Gasteiger partial charge >= 0.3 is 0 Å². The van der Waals surface area contributed by atoms with Crippen LogP contribution in [0, 0.1) is 11.3 Å². The molecule has 0 bridgehead atoms. The third-order valence-electron chi connectivity index (χ3n) is 3.53. The van der Waals surface area contributed by atoms with Crippen molar-refractivity contribution in [3.63, 3.8) is 0 Å². The normalized spacial score (nSPS) is 18.9. The molecular weight excluding hydrogens is 228 g/mol. The highest BCUT2D eigenvalue weighted by atomic mass is 16.3. The number of amides is 1. The van der Waals surface area contributed by atoms with E-state index in [2.05, 4.69) is 31.0 Å². The SMILES string of the molecule is CC(C)(C)CCNC(=O)CN1CCC(CO)CC1. The quantitative estimate of drug-likeness (QED) is 0.778. The van der Waals surface area contributed by atoms with E-state index in [0.717, 1.165) is 38.9 Å². The number of aliphatic hydroxyl groups excluding tert-OH is 1. The summed E-state index contributed by atoms with van der Waals surface area (Å²) in [5.41, 5.74) is 0.271. The van der Waals surface area contributed by atoms with Gasteiger partial charge in [-0.2, -0.15) is 0 Å². The Morgan fingerprint density at radius 3 is 2.44 bits per heavy atom. The van der Waals surface area contributed by atoms with Crippen molar-refractivity contribution in [1.29, 1.82) is 0 Å². The number of carbonyl (C=O) groups is 1. The minimum atomic E-state index is 0.127. The van der Waals surface area contributed by atoms with Gasteiger partial charge in [-0.3, -0.25) is 9.69 Å². The first kappa shape index (κ1) is 15.4. The van der Waals surface area contributed by atoms with Crippen molar-refractivity contribution in [1.82, 2.24) is 10.2 Å². The van der Waals surface area contributed by atoms with E-state index in [1.807, 2.05) is 0 Å². The Hall–Kier alpha value is -0.610. The molecule has 1 aliphatic rings. The Bertz CT molecular complexity index is 253. The molecule has 1 aliphatic heterocycles. The summed E-state index contributed by atoms with van der Waals surface area (Å²) < 4.78 is 0. The maximum atomic E-state index is 11.7. The van der Waals surface area contributed by atoms with E-state index in [0.29, 0.717) is 12.5 Å². The maximum absolute atomic E-state index is 11.7. The van der Waals surface area contributed by atoms with Crippen molar-refractivity contribution in [3.05, 3.63) is 0 Å². The van der Waals surface area contributed by atoms with Crippen molar-refractivity contribution in [2.45, 2.75) is 40.0 Å². The van der Waals surface area contributed by atoms with E-state index in [4.69, 9.17) is 5.11 Å². The Labute approximate surface area is 111 Å². The Morgan fingerprint density at radius 2 is 1.94 bits per heavy atom. The molecule has 1 heterocycles. The van der Waals surface area contributed by atoms with Crippen LogP contribution >= 0.6 is 0 Å². The van der Waals surface area contributed by atoms with Crippen LogP contribution < -0.4 is 5.32 Å². The fourth-order valence-electron chi connectivity index (χ4n) is 2.16. The third-order valence-corrected chi connectivity index (χ3v) is 3.53. The summed E-state index contributed by atoms with van der Waals surface area (Å²) in [5.74, 6) is 0.562. The molecule has 1 rings (SSSR count). The molecule has 0 aromatic heterocycles. The largest absolute Gasteiger partial charge is 0.396 e. The van der Waals surface area contributed by atoms with E-state index in [1.54, 1.807) is 0 Å². The Balaban J connectivity index is 2.13. The summed E-state index contributed by atoms with van der Waals surface area (Å²) in [7, 11) is 0. The first-order valence-electron chi connectivity index (χ1n) is 7.00. The average Bonchev–Trinajstić information content (AvgIpc) is 2.28. The van der Waals surface area contributed by atoms with Gasteiger partial charge in [-0.05, 0) is 43.7 Å². The second-order valence-electron chi connectivity index (χ2n) is 6.56. The van der Waals surface area contributed by atoms with E-state index >= 15 is 0 Å². The Kier molecular flexibility index (Phi) is 6.09. The zero-order chi connectivity index (χ0) is 13.6. The highest BCUT2D eigenvalue weighted by Gasteiger charge is 2.20. The molecule has 0 saturated carbocycles. The van der Waals surface area contributed by atoms with Crippen LogP contribution in [0.1, 0.15) is 40.0 Å². The zero-order valence-corrected chi connectivity index (χ0v) is 12.0. The maximum Gasteiger partial charge on any atom is 0.234 e. The molecule has 0 spiro atoms. The van der Waals surface area contributed by atoms with Crippen LogP contribution in [0.15, 0.2) is 0 Å². The third kappa shape index (κ3) is 6.36. The van der Waals surface area contributed by atoms with E-state index < -0.39 is 0 Å². The lowest BCUT2D eigenvalue weighted by atomic mass is 9.92. The predicted molar refractivity (Wildman–Crippen MR) is 73.3 cm³/mol. The van der Waals surface area contributed by atoms with Crippen molar-refractivity contribution in [3.8, 4) is 0 Å². The number of likely N-dealkylation sites (tertiary alicyclic amines) is 1. The van der Waals surface area contributed by atoms with Gasteiger partial charge in [0, 0.05) is 13.2 Å². The second kappa shape index (κ2) is 7.10. The van der Waals surface area contributed by atoms with Crippen molar-refractivity contribution in [2.24, 2.45) is 11.3 Å². The van der Waals surface area contributed by atoms with Crippen LogP contribution in [0.3, 0.4) is 0 Å². The van der Waals surface area contributed by atoms with Gasteiger partial charge in [0.1, 0.15) is 0 Å². The number of nitrogens with one attached hydrogen (secondary N) is 1. The molecule has 0 aromatic carbocycles. The zero-order valence-electron chi connectivity index (χ0n) is 12.0. The van der Waals surface area contributed by atoms with Gasteiger partial charge in [0.15, 0.2) is 0 Å². The molecule has 4 heteroatoms. The van der Waals surface area contributed by atoms with Gasteiger partial charge in [0.2, 0.25) is 5.91 Å². The highest BCUT2D eigenvalue weighted by Crippen LogP contribution is 2.17. The summed E-state index contributed by atoms with van der Waals surface area (Å²) >= 11 is 0. The topological polar surface area (TPSA) is 52.6 Å². The van der Waals surface area contributed by atoms with Crippen LogP contribution in [0.25, 0.3) is 0 Å². The molecule has 18 heavy (non-hydrogen) atoms. The summed E-state index contributed by atoms with van der Waals surface area (Å²) in [6, 6.07) is 0. The fraction of sp³-hybridized carbons (Fsp3) is 0.929. The average molecular weight is 256 g/mol. The van der Waals surface area contributed by atoms with Gasteiger partial charge < -0.3 is 10.4 Å². The van der Waals surface area contributed by atoms with Crippen LogP contribution in [-0.4, -0.2) is 48.7 Å². The summed E-state index contributed by atoms with van der Waals surface area (Å²) in [6.07, 6.45) is 3.02. The number of piperidine rings is 1. The molecule has 1 amide bonds. The number of rotatable bonds is 5. The highest BCUT2D eigenvalue weighted by molar-refractivity contribution is 5.77. The van der Waals surface area contributed by atoms with Gasteiger partial charge in [-0.25, -0.2) is 0 Å². The Morgan fingerprint density at radius 1 is 1.33 bits per heavy atom. The van der Waals surface area contributed by atoms with Crippen LogP contribution in [0.5, 0.6) is 0 Å². The first-order valence-corrected chi connectivity index (χ1v) is 7.00. The molecule has 0 aromatic rings. The standard InChI is InChI=1S/C14H28N2O2/c1-14(2,3)6-7-15-13(18)10-16-8-4-12(11-17)5-9-16/h12,17H,4-11H2,1-3H3,(H,15,18). The molecule has 2 N–H and O–H groups in total.